The molecule has 0 radical (unpaired) electrons. The second kappa shape index (κ2) is 4.14. The Morgan fingerprint density at radius 1 is 1.56 bits per heavy atom. The van der Waals surface area contributed by atoms with E-state index in [1.54, 1.807) is 30.1 Å². The molecule has 1 aliphatic heterocycles. The van der Waals surface area contributed by atoms with Crippen LogP contribution in [0.3, 0.4) is 0 Å². The number of nitrogens with one attached hydrogen (secondary N) is 1. The summed E-state index contributed by atoms with van der Waals surface area (Å²) in [5, 5.41) is 2.68. The van der Waals surface area contributed by atoms with Gasteiger partial charge in [-0.05, 0) is 12.1 Å². The summed E-state index contributed by atoms with van der Waals surface area (Å²) in [7, 11) is 1.73. The molecule has 2 amide bonds. The van der Waals surface area contributed by atoms with E-state index in [2.05, 4.69) is 5.32 Å². The summed E-state index contributed by atoms with van der Waals surface area (Å²) in [6.07, 6.45) is 0. The second-order valence-corrected chi connectivity index (χ2v) is 3.94. The Hall–Kier alpha value is -1.55. The zero-order valence-electron chi connectivity index (χ0n) is 8.79. The number of benzene rings is 1. The standard InChI is InChI=1S/C11H11ClN2O2/c1-14-6-8-7(11(14)16)3-2-4-9(8)13-10(15)5-12/h2-4H,5-6H2,1H3,(H,13,15). The summed E-state index contributed by atoms with van der Waals surface area (Å²) in [5.74, 6) is -0.373. The Morgan fingerprint density at radius 2 is 2.31 bits per heavy atom. The number of carbonyl (C=O) groups is 2. The molecule has 84 valence electrons. The van der Waals surface area contributed by atoms with E-state index >= 15 is 0 Å². The minimum absolute atomic E-state index is 0.0167. The van der Waals surface area contributed by atoms with Gasteiger partial charge >= 0.3 is 0 Å². The number of halogens is 1. The van der Waals surface area contributed by atoms with E-state index in [-0.39, 0.29) is 17.7 Å². The lowest BCUT2D eigenvalue weighted by Crippen LogP contribution is -2.17. The number of nitrogens with zero attached hydrogens (tertiary/aromatic N) is 1. The maximum Gasteiger partial charge on any atom is 0.254 e. The average molecular weight is 239 g/mol. The minimum atomic E-state index is -0.267. The monoisotopic (exact) mass is 238 g/mol. The van der Waals surface area contributed by atoms with E-state index < -0.39 is 0 Å². The van der Waals surface area contributed by atoms with Gasteiger partial charge in [0.2, 0.25) is 5.91 Å². The molecule has 1 aromatic rings. The van der Waals surface area contributed by atoms with Crippen LogP contribution in [0.1, 0.15) is 15.9 Å². The van der Waals surface area contributed by atoms with E-state index in [0.29, 0.717) is 17.8 Å². The second-order valence-electron chi connectivity index (χ2n) is 3.67. The quantitative estimate of drug-likeness (QED) is 0.793. The van der Waals surface area contributed by atoms with Gasteiger partial charge in [-0.2, -0.15) is 0 Å². The van der Waals surface area contributed by atoms with Crippen molar-refractivity contribution in [1.29, 1.82) is 0 Å². The highest BCUT2D eigenvalue weighted by Crippen LogP contribution is 2.28. The van der Waals surface area contributed by atoms with Crippen molar-refractivity contribution in [3.63, 3.8) is 0 Å². The van der Waals surface area contributed by atoms with Crippen LogP contribution in [0.5, 0.6) is 0 Å². The van der Waals surface area contributed by atoms with E-state index in [9.17, 15) is 9.59 Å². The van der Waals surface area contributed by atoms with Gasteiger partial charge in [0.25, 0.3) is 5.91 Å². The summed E-state index contributed by atoms with van der Waals surface area (Å²) in [6, 6.07) is 5.28. The lowest BCUT2D eigenvalue weighted by molar-refractivity contribution is -0.113. The third-order valence-electron chi connectivity index (χ3n) is 2.54. The molecule has 2 rings (SSSR count). The van der Waals surface area contributed by atoms with Gasteiger partial charge in [-0.25, -0.2) is 0 Å². The van der Waals surface area contributed by atoms with Crippen LogP contribution in [0, 0.1) is 0 Å². The van der Waals surface area contributed by atoms with Crippen molar-refractivity contribution in [2.24, 2.45) is 0 Å². The summed E-state index contributed by atoms with van der Waals surface area (Å²) >= 11 is 5.42. The van der Waals surface area contributed by atoms with Crippen LogP contribution in [0.15, 0.2) is 18.2 Å². The Morgan fingerprint density at radius 3 is 3.00 bits per heavy atom. The number of carbonyl (C=O) groups excluding carboxylic acids is 2. The van der Waals surface area contributed by atoms with Gasteiger partial charge in [0.15, 0.2) is 0 Å². The van der Waals surface area contributed by atoms with Crippen molar-refractivity contribution in [2.45, 2.75) is 6.54 Å². The predicted octanol–water partition coefficient (Wildman–Crippen LogP) is 1.45. The van der Waals surface area contributed by atoms with Crippen LogP contribution in [0.4, 0.5) is 5.69 Å². The maximum absolute atomic E-state index is 11.7. The highest BCUT2D eigenvalue weighted by atomic mass is 35.5. The fraction of sp³-hybridized carbons (Fsp3) is 0.273. The maximum atomic E-state index is 11.7. The minimum Gasteiger partial charge on any atom is -0.337 e. The third-order valence-corrected chi connectivity index (χ3v) is 2.79. The molecule has 1 aromatic carbocycles. The molecular weight excluding hydrogens is 228 g/mol. The zero-order chi connectivity index (χ0) is 11.7. The van der Waals surface area contributed by atoms with Crippen LogP contribution in [0.25, 0.3) is 0 Å². The molecule has 0 saturated heterocycles. The van der Waals surface area contributed by atoms with Gasteiger partial charge in [0, 0.05) is 30.4 Å². The Kier molecular flexibility index (Phi) is 2.83. The van der Waals surface area contributed by atoms with E-state index in [1.165, 1.54) is 0 Å². The van der Waals surface area contributed by atoms with Crippen LogP contribution >= 0.6 is 11.6 Å². The topological polar surface area (TPSA) is 49.4 Å². The molecule has 0 bridgehead atoms. The average Bonchev–Trinajstić information content (AvgIpc) is 2.57. The predicted molar refractivity (Wildman–Crippen MR) is 61.6 cm³/mol. The molecule has 1 heterocycles. The van der Waals surface area contributed by atoms with Gasteiger partial charge in [-0.15, -0.1) is 11.6 Å². The summed E-state index contributed by atoms with van der Waals surface area (Å²) in [4.78, 5) is 24.5. The number of rotatable bonds is 2. The lowest BCUT2D eigenvalue weighted by Gasteiger charge is -2.08. The molecule has 1 N–H and O–H groups in total. The number of hydrogen-bond acceptors (Lipinski definition) is 2. The van der Waals surface area contributed by atoms with Crippen molar-refractivity contribution in [2.75, 3.05) is 18.2 Å². The normalized spacial score (nSPS) is 13.9. The molecule has 1 aliphatic rings. The Balaban J connectivity index is 2.36. The molecule has 16 heavy (non-hydrogen) atoms. The SMILES string of the molecule is CN1Cc2c(NC(=O)CCl)cccc2C1=O. The molecule has 0 fully saturated rings. The summed E-state index contributed by atoms with van der Waals surface area (Å²) in [6.45, 7) is 0.521. The summed E-state index contributed by atoms with van der Waals surface area (Å²) in [5.41, 5.74) is 2.17. The molecule has 4 nitrogen and oxygen atoms in total. The first-order valence-electron chi connectivity index (χ1n) is 4.86. The molecule has 0 spiro atoms. The molecule has 5 heteroatoms. The van der Waals surface area contributed by atoms with Gasteiger partial charge < -0.3 is 10.2 Å². The molecule has 0 saturated carbocycles. The van der Waals surface area contributed by atoms with E-state index in [1.807, 2.05) is 0 Å². The van der Waals surface area contributed by atoms with Crippen molar-refractivity contribution >= 4 is 29.1 Å². The van der Waals surface area contributed by atoms with Crippen LogP contribution in [0.2, 0.25) is 0 Å². The van der Waals surface area contributed by atoms with Crippen molar-refractivity contribution in [1.82, 2.24) is 4.90 Å². The molecule has 0 atom stereocenters. The third kappa shape index (κ3) is 1.76. The highest BCUT2D eigenvalue weighted by Gasteiger charge is 2.26. The molecule has 0 aromatic heterocycles. The molecule has 0 aliphatic carbocycles. The fourth-order valence-electron chi connectivity index (χ4n) is 1.77. The van der Waals surface area contributed by atoms with Crippen molar-refractivity contribution in [3.8, 4) is 0 Å². The first-order valence-corrected chi connectivity index (χ1v) is 5.40. The first kappa shape index (κ1) is 11.0. The summed E-state index contributed by atoms with van der Waals surface area (Å²) < 4.78 is 0. The van der Waals surface area contributed by atoms with Gasteiger partial charge in [-0.3, -0.25) is 9.59 Å². The molecule has 0 unspecified atom stereocenters. The van der Waals surface area contributed by atoms with Crippen molar-refractivity contribution < 1.29 is 9.59 Å². The molecular formula is C11H11ClN2O2. The Bertz CT molecular complexity index is 459. The largest absolute Gasteiger partial charge is 0.337 e. The van der Waals surface area contributed by atoms with Crippen LogP contribution in [-0.2, 0) is 11.3 Å². The lowest BCUT2D eigenvalue weighted by atomic mass is 10.1. The highest BCUT2D eigenvalue weighted by molar-refractivity contribution is 6.29. The number of alkyl halides is 1. The number of hydrogen-bond donors (Lipinski definition) is 1. The zero-order valence-corrected chi connectivity index (χ0v) is 9.54. The van der Waals surface area contributed by atoms with Gasteiger partial charge in [-0.1, -0.05) is 6.07 Å². The smallest absolute Gasteiger partial charge is 0.254 e. The number of amides is 2. The Labute approximate surface area is 98.2 Å². The van der Waals surface area contributed by atoms with Gasteiger partial charge in [0.05, 0.1) is 0 Å². The van der Waals surface area contributed by atoms with Gasteiger partial charge in [0.1, 0.15) is 5.88 Å². The van der Waals surface area contributed by atoms with Crippen LogP contribution in [-0.4, -0.2) is 29.6 Å². The first-order chi connectivity index (χ1) is 7.63. The van der Waals surface area contributed by atoms with E-state index in [4.69, 9.17) is 11.6 Å². The van der Waals surface area contributed by atoms with Crippen LogP contribution < -0.4 is 5.32 Å². The number of anilines is 1. The number of fused-ring (bicyclic) bond motifs is 1. The van der Waals surface area contributed by atoms with Crippen molar-refractivity contribution in [3.05, 3.63) is 29.3 Å². The van der Waals surface area contributed by atoms with E-state index in [0.717, 1.165) is 5.56 Å². The fourth-order valence-corrected chi connectivity index (χ4v) is 1.84.